The SMILES string of the molecule is N#Cc1cc(C(=O)C2CC3CCC(C2)S3=O)ccc1F. The number of hydrogen-bond acceptors (Lipinski definition) is 3. The Bertz CT molecular complexity index is 621. The number of nitrogens with zero attached hydrogens (tertiary/aromatic N) is 1. The summed E-state index contributed by atoms with van der Waals surface area (Å²) >= 11 is 0. The van der Waals surface area contributed by atoms with E-state index in [9.17, 15) is 13.4 Å². The number of fused-ring (bicyclic) bond motifs is 2. The second-order valence-electron chi connectivity index (χ2n) is 5.49. The van der Waals surface area contributed by atoms with Crippen LogP contribution in [-0.4, -0.2) is 20.5 Å². The number of carbonyl (C=O) groups is 1. The highest BCUT2D eigenvalue weighted by Gasteiger charge is 2.42. The molecule has 0 aliphatic carbocycles. The molecule has 0 saturated carbocycles. The third kappa shape index (κ3) is 2.18. The zero-order valence-electron chi connectivity index (χ0n) is 10.8. The number of halogens is 1. The Morgan fingerprint density at radius 2 is 1.95 bits per heavy atom. The molecule has 2 saturated heterocycles. The first-order valence-electron chi connectivity index (χ1n) is 6.73. The maximum atomic E-state index is 13.3. The minimum atomic E-state index is -0.786. The van der Waals surface area contributed by atoms with Crippen molar-refractivity contribution in [3.63, 3.8) is 0 Å². The molecule has 2 bridgehead atoms. The number of rotatable bonds is 2. The van der Waals surface area contributed by atoms with Crippen LogP contribution >= 0.6 is 0 Å². The van der Waals surface area contributed by atoms with Gasteiger partial charge < -0.3 is 0 Å². The molecule has 2 atom stereocenters. The predicted octanol–water partition coefficient (Wildman–Crippen LogP) is 2.57. The minimum Gasteiger partial charge on any atom is -0.294 e. The minimum absolute atomic E-state index is 0.0462. The molecule has 0 spiro atoms. The molecule has 20 heavy (non-hydrogen) atoms. The molecule has 0 aromatic heterocycles. The van der Waals surface area contributed by atoms with E-state index >= 15 is 0 Å². The van der Waals surface area contributed by atoms with Crippen LogP contribution in [0.25, 0.3) is 0 Å². The fraction of sp³-hybridized carbons (Fsp3) is 0.467. The molecule has 2 fully saturated rings. The van der Waals surface area contributed by atoms with Crippen molar-refractivity contribution < 1.29 is 13.4 Å². The molecule has 0 N–H and O–H groups in total. The van der Waals surface area contributed by atoms with Crippen LogP contribution in [0.2, 0.25) is 0 Å². The molecule has 2 heterocycles. The van der Waals surface area contributed by atoms with Crippen LogP contribution in [0.15, 0.2) is 18.2 Å². The molecule has 1 aromatic carbocycles. The maximum absolute atomic E-state index is 13.3. The van der Waals surface area contributed by atoms with E-state index in [1.54, 1.807) is 6.07 Å². The highest BCUT2D eigenvalue weighted by molar-refractivity contribution is 7.86. The molecular formula is C15H14FNO2S. The Balaban J connectivity index is 1.84. The molecule has 1 aromatic rings. The van der Waals surface area contributed by atoms with Gasteiger partial charge in [0.1, 0.15) is 11.9 Å². The second kappa shape index (κ2) is 5.10. The lowest BCUT2D eigenvalue weighted by atomic mass is 9.90. The summed E-state index contributed by atoms with van der Waals surface area (Å²) in [6.07, 6.45) is 3.18. The van der Waals surface area contributed by atoms with Gasteiger partial charge in [0.05, 0.1) is 5.56 Å². The van der Waals surface area contributed by atoms with E-state index < -0.39 is 16.6 Å². The summed E-state index contributed by atoms with van der Waals surface area (Å²) in [5.74, 6) is -0.786. The van der Waals surface area contributed by atoms with Crippen molar-refractivity contribution >= 4 is 16.6 Å². The predicted molar refractivity (Wildman–Crippen MR) is 73.1 cm³/mol. The number of carbonyl (C=O) groups excluding carboxylic acids is 1. The smallest absolute Gasteiger partial charge is 0.166 e. The summed E-state index contributed by atoms with van der Waals surface area (Å²) < 4.78 is 25.2. The van der Waals surface area contributed by atoms with Gasteiger partial charge in [-0.25, -0.2) is 4.39 Å². The van der Waals surface area contributed by atoms with Gasteiger partial charge in [0, 0.05) is 32.8 Å². The van der Waals surface area contributed by atoms with E-state index in [1.165, 1.54) is 18.2 Å². The average molecular weight is 291 g/mol. The van der Waals surface area contributed by atoms with E-state index in [1.807, 2.05) is 0 Å². The van der Waals surface area contributed by atoms with Gasteiger partial charge in [-0.2, -0.15) is 5.26 Å². The van der Waals surface area contributed by atoms with Crippen molar-refractivity contribution in [3.8, 4) is 6.07 Å². The maximum Gasteiger partial charge on any atom is 0.166 e. The summed E-state index contributed by atoms with van der Waals surface area (Å²) in [5, 5.41) is 9.10. The highest BCUT2D eigenvalue weighted by atomic mass is 32.2. The topological polar surface area (TPSA) is 57.9 Å². The van der Waals surface area contributed by atoms with Crippen LogP contribution in [0.5, 0.6) is 0 Å². The molecule has 2 aliphatic heterocycles. The van der Waals surface area contributed by atoms with Gasteiger partial charge in [-0.3, -0.25) is 9.00 Å². The first kappa shape index (κ1) is 13.4. The van der Waals surface area contributed by atoms with E-state index in [-0.39, 0.29) is 27.8 Å². The molecule has 5 heteroatoms. The molecule has 0 amide bonds. The molecule has 2 aliphatic rings. The Hall–Kier alpha value is -1.54. The van der Waals surface area contributed by atoms with Crippen LogP contribution in [0.1, 0.15) is 41.6 Å². The average Bonchev–Trinajstić information content (AvgIpc) is 2.68. The van der Waals surface area contributed by atoms with Crippen molar-refractivity contribution in [1.29, 1.82) is 5.26 Å². The lowest BCUT2D eigenvalue weighted by Gasteiger charge is -2.26. The van der Waals surface area contributed by atoms with Gasteiger partial charge in [0.15, 0.2) is 5.78 Å². The van der Waals surface area contributed by atoms with Crippen LogP contribution in [0.3, 0.4) is 0 Å². The van der Waals surface area contributed by atoms with Crippen molar-refractivity contribution in [3.05, 3.63) is 35.1 Å². The van der Waals surface area contributed by atoms with Crippen molar-refractivity contribution in [2.24, 2.45) is 5.92 Å². The first-order chi connectivity index (χ1) is 9.60. The van der Waals surface area contributed by atoms with E-state index in [0.29, 0.717) is 18.4 Å². The number of Topliss-reactive ketones (excluding diaryl/α,β-unsaturated/α-hetero) is 1. The molecule has 3 rings (SSSR count). The standard InChI is InChI=1S/C15H14FNO2S/c16-14-4-1-9(5-11(14)8-17)15(18)10-6-12-2-3-13(7-10)20(12)19/h1,4-5,10,12-13H,2-3,6-7H2. The van der Waals surface area contributed by atoms with Gasteiger partial charge >= 0.3 is 0 Å². The second-order valence-corrected chi connectivity index (χ2v) is 7.48. The Kier molecular flexibility index (Phi) is 3.43. The Labute approximate surface area is 119 Å². The molecular weight excluding hydrogens is 277 g/mol. The van der Waals surface area contributed by atoms with Crippen LogP contribution in [0, 0.1) is 23.1 Å². The van der Waals surface area contributed by atoms with Crippen LogP contribution < -0.4 is 0 Å². The quantitative estimate of drug-likeness (QED) is 0.787. The third-order valence-electron chi connectivity index (χ3n) is 4.30. The Morgan fingerprint density at radius 3 is 2.55 bits per heavy atom. The van der Waals surface area contributed by atoms with E-state index in [0.717, 1.165) is 12.8 Å². The summed E-state index contributed by atoms with van der Waals surface area (Å²) in [6, 6.07) is 5.68. The monoisotopic (exact) mass is 291 g/mol. The summed E-state index contributed by atoms with van der Waals surface area (Å²) in [6.45, 7) is 0. The van der Waals surface area contributed by atoms with Gasteiger partial charge in [-0.1, -0.05) is 0 Å². The highest BCUT2D eigenvalue weighted by Crippen LogP contribution is 2.39. The number of hydrogen-bond donors (Lipinski definition) is 0. The Morgan fingerprint density at radius 1 is 1.30 bits per heavy atom. The van der Waals surface area contributed by atoms with Crippen molar-refractivity contribution in [2.75, 3.05) is 0 Å². The van der Waals surface area contributed by atoms with Gasteiger partial charge in [0.25, 0.3) is 0 Å². The normalized spacial score (nSPS) is 31.8. The molecule has 0 radical (unpaired) electrons. The molecule has 3 nitrogen and oxygen atoms in total. The van der Waals surface area contributed by atoms with E-state index in [2.05, 4.69) is 0 Å². The summed E-state index contributed by atoms with van der Waals surface area (Å²) in [7, 11) is -0.786. The zero-order chi connectivity index (χ0) is 14.3. The van der Waals surface area contributed by atoms with Gasteiger partial charge in [0.2, 0.25) is 0 Å². The van der Waals surface area contributed by atoms with E-state index in [4.69, 9.17) is 5.26 Å². The number of benzene rings is 1. The zero-order valence-corrected chi connectivity index (χ0v) is 11.7. The molecule has 2 unspecified atom stereocenters. The third-order valence-corrected chi connectivity index (χ3v) is 6.48. The molecule has 104 valence electrons. The number of nitriles is 1. The lowest BCUT2D eigenvalue weighted by molar-refractivity contribution is 0.0906. The summed E-state index contributed by atoms with van der Waals surface area (Å²) in [5.41, 5.74) is 0.290. The van der Waals surface area contributed by atoms with Gasteiger partial charge in [-0.15, -0.1) is 0 Å². The summed E-state index contributed by atoms with van der Waals surface area (Å²) in [4.78, 5) is 12.5. The van der Waals surface area contributed by atoms with Crippen LogP contribution in [0.4, 0.5) is 4.39 Å². The van der Waals surface area contributed by atoms with Crippen molar-refractivity contribution in [1.82, 2.24) is 0 Å². The fourth-order valence-corrected chi connectivity index (χ4v) is 5.37. The van der Waals surface area contributed by atoms with Crippen molar-refractivity contribution in [2.45, 2.75) is 36.2 Å². The lowest BCUT2D eigenvalue weighted by Crippen LogP contribution is -2.32. The fourth-order valence-electron chi connectivity index (χ4n) is 3.25. The first-order valence-corrected chi connectivity index (χ1v) is 8.01. The number of ketones is 1. The van der Waals surface area contributed by atoms with Gasteiger partial charge in [-0.05, 0) is 43.9 Å². The largest absolute Gasteiger partial charge is 0.294 e. The van der Waals surface area contributed by atoms with Crippen LogP contribution in [-0.2, 0) is 10.8 Å².